The molecule has 3 aliphatic heterocycles. The number of carbonyl (C=O) groups is 3. The van der Waals surface area contributed by atoms with Crippen molar-refractivity contribution < 1.29 is 19.5 Å². The van der Waals surface area contributed by atoms with E-state index < -0.39 is 27.4 Å². The van der Waals surface area contributed by atoms with E-state index in [4.69, 9.17) is 0 Å². The zero-order chi connectivity index (χ0) is 30.2. The highest BCUT2D eigenvalue weighted by molar-refractivity contribution is 8.02. The summed E-state index contributed by atoms with van der Waals surface area (Å²) in [6.07, 6.45) is 5.18. The molecule has 2 unspecified atom stereocenters. The Hall–Kier alpha value is -3.36. The van der Waals surface area contributed by atoms with Crippen LogP contribution in [0, 0.1) is 25.7 Å². The zero-order valence-electron chi connectivity index (χ0n) is 24.8. The lowest BCUT2D eigenvalue weighted by molar-refractivity contribution is -0.139. The van der Waals surface area contributed by atoms with Crippen molar-refractivity contribution in [1.82, 2.24) is 4.90 Å². The van der Waals surface area contributed by atoms with Gasteiger partial charge in [-0.1, -0.05) is 48.6 Å². The van der Waals surface area contributed by atoms with Crippen LogP contribution in [0.25, 0.3) is 0 Å². The van der Waals surface area contributed by atoms with Crippen LogP contribution in [0.2, 0.25) is 0 Å². The Balaban J connectivity index is 1.61. The van der Waals surface area contributed by atoms with Crippen molar-refractivity contribution in [3.05, 3.63) is 85.0 Å². The molecule has 3 saturated heterocycles. The Morgan fingerprint density at radius 2 is 1.64 bits per heavy atom. The number of aryl methyl sites for hydroxylation is 2. The van der Waals surface area contributed by atoms with Crippen LogP contribution in [0.15, 0.2) is 73.8 Å². The smallest absolute Gasteiger partial charge is 0.251 e. The summed E-state index contributed by atoms with van der Waals surface area (Å²) in [6, 6.07) is 14.7. The van der Waals surface area contributed by atoms with E-state index in [0.29, 0.717) is 25.9 Å². The molecule has 42 heavy (non-hydrogen) atoms. The first-order chi connectivity index (χ1) is 20.1. The summed E-state index contributed by atoms with van der Waals surface area (Å²) < 4.78 is -1.24. The molecule has 5 rings (SSSR count). The summed E-state index contributed by atoms with van der Waals surface area (Å²) in [5, 5.41) is 9.73. The highest BCUT2D eigenvalue weighted by Gasteiger charge is 2.77. The second-order valence-electron chi connectivity index (χ2n) is 11.9. The Labute approximate surface area is 253 Å². The van der Waals surface area contributed by atoms with Crippen molar-refractivity contribution in [2.24, 2.45) is 11.8 Å². The van der Waals surface area contributed by atoms with E-state index in [-0.39, 0.29) is 30.9 Å². The topological polar surface area (TPSA) is 81.2 Å². The monoisotopic (exact) mass is 587 g/mol. The molecule has 1 spiro atoms. The van der Waals surface area contributed by atoms with Crippen LogP contribution in [0.4, 0.5) is 11.4 Å². The Morgan fingerprint density at radius 1 is 1.00 bits per heavy atom. The van der Waals surface area contributed by atoms with Crippen molar-refractivity contribution in [3.8, 4) is 0 Å². The van der Waals surface area contributed by atoms with Crippen molar-refractivity contribution in [2.75, 3.05) is 36.0 Å². The number of likely N-dealkylation sites (tertiary alicyclic amines) is 1. The Kier molecular flexibility index (Phi) is 8.41. The number of thioether (sulfide) groups is 1. The normalized spacial score (nSPS) is 27.6. The molecule has 2 aromatic rings. The number of para-hydroxylation sites is 2. The van der Waals surface area contributed by atoms with Gasteiger partial charge in [0.1, 0.15) is 6.04 Å². The summed E-state index contributed by atoms with van der Waals surface area (Å²) in [5.41, 5.74) is 3.53. The van der Waals surface area contributed by atoms with Gasteiger partial charge in [-0.05, 0) is 63.3 Å². The summed E-state index contributed by atoms with van der Waals surface area (Å²) in [7, 11) is 0. The van der Waals surface area contributed by atoms with Crippen LogP contribution in [0.1, 0.15) is 37.3 Å². The molecule has 8 heteroatoms. The summed E-state index contributed by atoms with van der Waals surface area (Å²) in [6.45, 7) is 14.7. The summed E-state index contributed by atoms with van der Waals surface area (Å²) in [5.74, 6) is -1.66. The molecule has 7 nitrogen and oxygen atoms in total. The molecule has 2 bridgehead atoms. The predicted octanol–water partition coefficient (Wildman–Crippen LogP) is 4.91. The van der Waals surface area contributed by atoms with Gasteiger partial charge < -0.3 is 19.8 Å². The van der Waals surface area contributed by atoms with Gasteiger partial charge in [0.05, 0.1) is 16.6 Å². The Morgan fingerprint density at radius 3 is 2.26 bits per heavy atom. The molecule has 222 valence electrons. The maximum absolute atomic E-state index is 14.8. The first-order valence-corrected chi connectivity index (χ1v) is 15.5. The van der Waals surface area contributed by atoms with Crippen LogP contribution in [0.3, 0.4) is 0 Å². The number of rotatable bonds is 11. The van der Waals surface area contributed by atoms with Crippen molar-refractivity contribution in [2.45, 2.75) is 55.6 Å². The number of benzene rings is 2. The lowest BCUT2D eigenvalue weighted by Crippen LogP contribution is -2.55. The average molecular weight is 588 g/mol. The molecule has 3 fully saturated rings. The molecule has 5 atom stereocenters. The first-order valence-electron chi connectivity index (χ1n) is 14.7. The maximum Gasteiger partial charge on any atom is 0.251 e. The molecule has 0 aliphatic carbocycles. The van der Waals surface area contributed by atoms with Crippen LogP contribution >= 0.6 is 11.8 Å². The third-order valence-electron chi connectivity index (χ3n) is 9.27. The van der Waals surface area contributed by atoms with E-state index in [2.05, 4.69) is 20.1 Å². The minimum atomic E-state index is -0.755. The summed E-state index contributed by atoms with van der Waals surface area (Å²) in [4.78, 5) is 49.0. The Bertz CT molecular complexity index is 1380. The molecule has 0 saturated carbocycles. The summed E-state index contributed by atoms with van der Waals surface area (Å²) >= 11 is 1.66. The molecule has 2 aromatic carbocycles. The second kappa shape index (κ2) is 11.7. The SMILES string of the molecule is C=CCN(C(=O)[C@H]1[C@H]2C(=O)N(CCCO)C(C(=O)N(CC=C)c3c(C)cccc3C)C23CC[C@]1(C)S3)c1ccccc1. The van der Waals surface area contributed by atoms with Gasteiger partial charge in [0.15, 0.2) is 0 Å². The van der Waals surface area contributed by atoms with E-state index in [9.17, 15) is 19.5 Å². The lowest BCUT2D eigenvalue weighted by Gasteiger charge is -2.38. The minimum absolute atomic E-state index is 0.0933. The van der Waals surface area contributed by atoms with Crippen LogP contribution in [0.5, 0.6) is 0 Å². The number of aliphatic hydroxyl groups is 1. The molecule has 0 radical (unpaired) electrons. The molecule has 3 heterocycles. The van der Waals surface area contributed by atoms with Crippen molar-refractivity contribution in [3.63, 3.8) is 0 Å². The second-order valence-corrected chi connectivity index (χ2v) is 13.8. The fourth-order valence-corrected chi connectivity index (χ4v) is 9.93. The van der Waals surface area contributed by atoms with E-state index in [0.717, 1.165) is 28.9 Å². The molecule has 0 aromatic heterocycles. The molecular weight excluding hydrogens is 546 g/mol. The number of carbonyl (C=O) groups excluding carboxylic acids is 3. The van der Waals surface area contributed by atoms with Gasteiger partial charge in [-0.25, -0.2) is 0 Å². The largest absolute Gasteiger partial charge is 0.396 e. The number of hydrogen-bond donors (Lipinski definition) is 1. The van der Waals surface area contributed by atoms with Crippen LogP contribution in [-0.2, 0) is 14.4 Å². The van der Waals surface area contributed by atoms with Gasteiger partial charge in [-0.3, -0.25) is 14.4 Å². The van der Waals surface area contributed by atoms with Gasteiger partial charge in [-0.15, -0.1) is 24.9 Å². The van der Waals surface area contributed by atoms with Gasteiger partial charge >= 0.3 is 0 Å². The van der Waals surface area contributed by atoms with Crippen molar-refractivity contribution >= 4 is 40.9 Å². The van der Waals surface area contributed by atoms with E-state index in [1.54, 1.807) is 38.6 Å². The molecule has 3 amide bonds. The molecular formula is C34H41N3O4S. The first kappa shape index (κ1) is 30.1. The van der Waals surface area contributed by atoms with E-state index in [1.807, 2.05) is 62.4 Å². The van der Waals surface area contributed by atoms with Crippen molar-refractivity contribution in [1.29, 1.82) is 0 Å². The van der Waals surface area contributed by atoms with Gasteiger partial charge in [-0.2, -0.15) is 0 Å². The molecule has 1 N–H and O–H groups in total. The van der Waals surface area contributed by atoms with E-state index >= 15 is 0 Å². The maximum atomic E-state index is 14.8. The lowest BCUT2D eigenvalue weighted by atomic mass is 9.66. The zero-order valence-corrected chi connectivity index (χ0v) is 25.6. The number of aliphatic hydroxyl groups excluding tert-OH is 1. The number of amides is 3. The average Bonchev–Trinajstić information content (AvgIpc) is 3.54. The van der Waals surface area contributed by atoms with Crippen LogP contribution in [-0.4, -0.2) is 69.5 Å². The number of anilines is 2. The fourth-order valence-electron chi connectivity index (χ4n) is 7.59. The molecule has 3 aliphatic rings. The minimum Gasteiger partial charge on any atom is -0.396 e. The highest BCUT2D eigenvalue weighted by Crippen LogP contribution is 2.71. The van der Waals surface area contributed by atoms with Crippen LogP contribution < -0.4 is 9.80 Å². The van der Waals surface area contributed by atoms with Gasteiger partial charge in [0.25, 0.3) is 5.91 Å². The quantitative estimate of drug-likeness (QED) is 0.378. The number of nitrogens with zero attached hydrogens (tertiary/aromatic N) is 3. The number of hydrogen-bond acceptors (Lipinski definition) is 5. The van der Waals surface area contributed by atoms with Gasteiger partial charge in [0.2, 0.25) is 11.8 Å². The van der Waals surface area contributed by atoms with E-state index in [1.165, 1.54) is 0 Å². The third kappa shape index (κ3) is 4.69. The standard InChI is InChI=1S/C34H41N3O4S/c1-6-19-35(25-15-9-8-10-16-25)30(39)26-27-31(40)37(21-12-22-38)29(34(27)18-17-33(26,5)42-34)32(41)36(20-7-2)28-23(3)13-11-14-24(28)4/h6-11,13-16,26-27,29,38H,1-2,12,17-22H2,3-5H3/t26-,27+,29?,33+,34?/m1/s1. The third-order valence-corrected chi connectivity index (χ3v) is 11.3. The predicted molar refractivity (Wildman–Crippen MR) is 170 cm³/mol. The number of fused-ring (bicyclic) bond motifs is 1. The fraction of sp³-hybridized carbons (Fsp3) is 0.441. The highest BCUT2D eigenvalue weighted by atomic mass is 32.2. The van der Waals surface area contributed by atoms with Gasteiger partial charge in [0, 0.05) is 42.4 Å².